The Balaban J connectivity index is 1.59. The zero-order valence-electron chi connectivity index (χ0n) is 15.6. The van der Waals surface area contributed by atoms with E-state index in [1.54, 1.807) is 36.4 Å². The first-order valence-electron chi connectivity index (χ1n) is 8.70. The number of amides is 1. The Kier molecular flexibility index (Phi) is 6.56. The highest BCUT2D eigenvalue weighted by Gasteiger charge is 2.14. The molecule has 0 saturated carbocycles. The lowest BCUT2D eigenvalue weighted by molar-refractivity contribution is -0.118. The van der Waals surface area contributed by atoms with Crippen LogP contribution in [0.2, 0.25) is 0 Å². The van der Waals surface area contributed by atoms with Crippen LogP contribution in [0.15, 0.2) is 82.2 Å². The van der Waals surface area contributed by atoms with Gasteiger partial charge in [0, 0.05) is 15.8 Å². The average molecular weight is 475 g/mol. The number of anilines is 2. The quantitative estimate of drug-likeness (QED) is 0.524. The van der Waals surface area contributed by atoms with Crippen molar-refractivity contribution in [2.45, 2.75) is 11.8 Å². The van der Waals surface area contributed by atoms with Crippen LogP contribution in [-0.2, 0) is 14.8 Å². The molecular weight excluding hydrogens is 456 g/mol. The van der Waals surface area contributed by atoms with Gasteiger partial charge in [-0.2, -0.15) is 0 Å². The Morgan fingerprint density at radius 1 is 0.966 bits per heavy atom. The van der Waals surface area contributed by atoms with Gasteiger partial charge in [0.25, 0.3) is 15.9 Å². The second-order valence-corrected chi connectivity index (χ2v) is 8.84. The van der Waals surface area contributed by atoms with Crippen molar-refractivity contribution in [3.8, 4) is 5.75 Å². The second-order valence-electron chi connectivity index (χ2n) is 6.24. The number of rotatable bonds is 7. The largest absolute Gasteiger partial charge is 0.483 e. The maximum Gasteiger partial charge on any atom is 0.262 e. The highest BCUT2D eigenvalue weighted by molar-refractivity contribution is 9.10. The van der Waals surface area contributed by atoms with Gasteiger partial charge in [0.1, 0.15) is 5.75 Å². The minimum atomic E-state index is -3.70. The number of carbonyl (C=O) groups is 1. The molecular formula is C21H19BrN2O4S. The van der Waals surface area contributed by atoms with E-state index in [1.807, 2.05) is 19.1 Å². The Morgan fingerprint density at radius 3 is 2.31 bits per heavy atom. The Labute approximate surface area is 178 Å². The van der Waals surface area contributed by atoms with Gasteiger partial charge < -0.3 is 10.1 Å². The number of ether oxygens (including phenoxy) is 1. The van der Waals surface area contributed by atoms with Crippen LogP contribution in [-0.4, -0.2) is 20.9 Å². The van der Waals surface area contributed by atoms with E-state index >= 15 is 0 Å². The fourth-order valence-corrected chi connectivity index (χ4v) is 4.09. The van der Waals surface area contributed by atoms with Crippen molar-refractivity contribution in [1.82, 2.24) is 0 Å². The van der Waals surface area contributed by atoms with E-state index in [9.17, 15) is 13.2 Å². The minimum absolute atomic E-state index is 0.0982. The summed E-state index contributed by atoms with van der Waals surface area (Å²) < 4.78 is 33.8. The number of aryl methyl sites for hydroxylation is 1. The molecule has 0 aromatic heterocycles. The molecule has 29 heavy (non-hydrogen) atoms. The lowest BCUT2D eigenvalue weighted by Gasteiger charge is -2.11. The van der Waals surface area contributed by atoms with Crippen LogP contribution < -0.4 is 14.8 Å². The van der Waals surface area contributed by atoms with Gasteiger partial charge in [-0.3, -0.25) is 9.52 Å². The van der Waals surface area contributed by atoms with Crippen LogP contribution in [0.5, 0.6) is 5.75 Å². The summed E-state index contributed by atoms with van der Waals surface area (Å²) in [4.78, 5) is 12.2. The summed E-state index contributed by atoms with van der Waals surface area (Å²) in [6, 6.07) is 20.1. The van der Waals surface area contributed by atoms with Crippen LogP contribution in [0.4, 0.5) is 11.4 Å². The number of benzene rings is 3. The maximum atomic E-state index is 12.4. The molecule has 3 rings (SSSR count). The predicted molar refractivity (Wildman–Crippen MR) is 117 cm³/mol. The zero-order chi connectivity index (χ0) is 20.9. The van der Waals surface area contributed by atoms with Crippen LogP contribution in [0, 0.1) is 6.92 Å². The molecule has 0 heterocycles. The molecule has 0 saturated heterocycles. The van der Waals surface area contributed by atoms with Crippen molar-refractivity contribution in [1.29, 1.82) is 0 Å². The minimum Gasteiger partial charge on any atom is -0.483 e. The second kappa shape index (κ2) is 9.11. The standard InChI is InChI=1S/C21H19BrN2O4S/c1-15-13-16(22)7-12-20(15)28-14-21(25)23-17-8-10-19(11-9-17)29(26,27)24-18-5-3-2-4-6-18/h2-13,24H,14H2,1H3,(H,23,25). The van der Waals surface area contributed by atoms with E-state index < -0.39 is 10.0 Å². The molecule has 0 unspecified atom stereocenters. The molecule has 0 aliphatic carbocycles. The van der Waals surface area contributed by atoms with E-state index in [1.165, 1.54) is 24.3 Å². The molecule has 0 atom stereocenters. The van der Waals surface area contributed by atoms with Gasteiger partial charge in [-0.1, -0.05) is 34.1 Å². The summed E-state index contributed by atoms with van der Waals surface area (Å²) in [5.74, 6) is 0.280. The fourth-order valence-electron chi connectivity index (χ4n) is 2.55. The number of halogens is 1. The molecule has 1 amide bonds. The number of nitrogens with one attached hydrogen (secondary N) is 2. The summed E-state index contributed by atoms with van der Waals surface area (Å²) in [6.07, 6.45) is 0. The van der Waals surface area contributed by atoms with Gasteiger partial charge in [0.05, 0.1) is 4.90 Å². The van der Waals surface area contributed by atoms with Crippen molar-refractivity contribution >= 4 is 43.2 Å². The first-order chi connectivity index (χ1) is 13.8. The molecule has 0 bridgehead atoms. The molecule has 150 valence electrons. The summed E-state index contributed by atoms with van der Waals surface area (Å²) >= 11 is 3.38. The van der Waals surface area contributed by atoms with Crippen molar-refractivity contribution in [3.63, 3.8) is 0 Å². The molecule has 0 fully saturated rings. The summed E-state index contributed by atoms with van der Waals surface area (Å²) in [7, 11) is -3.70. The van der Waals surface area contributed by atoms with Crippen molar-refractivity contribution in [2.75, 3.05) is 16.6 Å². The third-order valence-corrected chi connectivity index (χ3v) is 5.86. The number of para-hydroxylation sites is 1. The van der Waals surface area contributed by atoms with Crippen molar-refractivity contribution in [2.24, 2.45) is 0 Å². The lowest BCUT2D eigenvalue weighted by Crippen LogP contribution is -2.20. The summed E-state index contributed by atoms with van der Waals surface area (Å²) in [5, 5.41) is 2.68. The fraction of sp³-hybridized carbons (Fsp3) is 0.0952. The highest BCUT2D eigenvalue weighted by Crippen LogP contribution is 2.22. The van der Waals surface area contributed by atoms with Gasteiger partial charge in [-0.25, -0.2) is 8.42 Å². The molecule has 0 aliphatic heterocycles. The Bertz CT molecular complexity index is 1100. The van der Waals surface area contributed by atoms with E-state index in [2.05, 4.69) is 26.0 Å². The van der Waals surface area contributed by atoms with Crippen molar-refractivity contribution < 1.29 is 17.9 Å². The van der Waals surface area contributed by atoms with Crippen LogP contribution in [0.1, 0.15) is 5.56 Å². The smallest absolute Gasteiger partial charge is 0.262 e. The molecule has 0 radical (unpaired) electrons. The van der Waals surface area contributed by atoms with Crippen LogP contribution in [0.25, 0.3) is 0 Å². The lowest BCUT2D eigenvalue weighted by atomic mass is 10.2. The summed E-state index contributed by atoms with van der Waals surface area (Å²) in [6.45, 7) is 1.73. The third-order valence-electron chi connectivity index (χ3n) is 3.97. The Hall–Kier alpha value is -2.84. The maximum absolute atomic E-state index is 12.4. The van der Waals surface area contributed by atoms with Crippen molar-refractivity contribution in [3.05, 3.63) is 82.8 Å². The molecule has 8 heteroatoms. The topological polar surface area (TPSA) is 84.5 Å². The normalized spacial score (nSPS) is 11.0. The van der Waals surface area contributed by atoms with Crippen LogP contribution >= 0.6 is 15.9 Å². The number of carbonyl (C=O) groups excluding carboxylic acids is 1. The highest BCUT2D eigenvalue weighted by atomic mass is 79.9. The molecule has 3 aromatic carbocycles. The van der Waals surface area contributed by atoms with E-state index in [4.69, 9.17) is 4.74 Å². The van der Waals surface area contributed by atoms with Gasteiger partial charge in [0.2, 0.25) is 0 Å². The monoisotopic (exact) mass is 474 g/mol. The predicted octanol–water partition coefficient (Wildman–Crippen LogP) is 4.58. The first kappa shape index (κ1) is 20.9. The molecule has 0 aliphatic rings. The van der Waals surface area contributed by atoms with Gasteiger partial charge in [-0.05, 0) is 67.1 Å². The van der Waals surface area contributed by atoms with E-state index in [0.717, 1.165) is 10.0 Å². The molecule has 0 spiro atoms. The van der Waals surface area contributed by atoms with Gasteiger partial charge in [-0.15, -0.1) is 0 Å². The number of sulfonamides is 1. The Morgan fingerprint density at radius 2 is 1.66 bits per heavy atom. The van der Waals surface area contributed by atoms with E-state index in [-0.39, 0.29) is 17.4 Å². The van der Waals surface area contributed by atoms with Crippen LogP contribution in [0.3, 0.4) is 0 Å². The summed E-state index contributed by atoms with van der Waals surface area (Å²) in [5.41, 5.74) is 1.86. The zero-order valence-corrected chi connectivity index (χ0v) is 18.0. The molecule has 3 aromatic rings. The number of hydrogen-bond acceptors (Lipinski definition) is 4. The number of hydrogen-bond donors (Lipinski definition) is 2. The average Bonchev–Trinajstić information content (AvgIpc) is 2.68. The molecule has 2 N–H and O–H groups in total. The van der Waals surface area contributed by atoms with Gasteiger partial charge in [0.15, 0.2) is 6.61 Å². The SMILES string of the molecule is Cc1cc(Br)ccc1OCC(=O)Nc1ccc(S(=O)(=O)Nc2ccccc2)cc1. The van der Waals surface area contributed by atoms with Gasteiger partial charge >= 0.3 is 0 Å². The third kappa shape index (κ3) is 5.82. The van der Waals surface area contributed by atoms with E-state index in [0.29, 0.717) is 17.1 Å². The first-order valence-corrected chi connectivity index (χ1v) is 11.0. The molecule has 6 nitrogen and oxygen atoms in total.